The maximum atomic E-state index is 11.5. The second-order valence-electron chi connectivity index (χ2n) is 7.90. The van der Waals surface area contributed by atoms with Crippen LogP contribution in [0.15, 0.2) is 29.2 Å². The first-order valence-electron chi connectivity index (χ1n) is 11.3. The van der Waals surface area contributed by atoms with Gasteiger partial charge in [-0.1, -0.05) is 96.1 Å². The molecular formula is C23H38O6S. The van der Waals surface area contributed by atoms with Crippen LogP contribution in [0.25, 0.3) is 0 Å². The molecule has 1 atom stereocenters. The third kappa shape index (κ3) is 11.6. The maximum absolute atomic E-state index is 11.5. The van der Waals surface area contributed by atoms with Crippen LogP contribution < -0.4 is 4.74 Å². The highest BCUT2D eigenvalue weighted by Crippen LogP contribution is 2.25. The van der Waals surface area contributed by atoms with Crippen molar-refractivity contribution in [3.63, 3.8) is 0 Å². The highest BCUT2D eigenvalue weighted by Gasteiger charge is 2.23. The molecule has 0 heterocycles. The summed E-state index contributed by atoms with van der Waals surface area (Å²) >= 11 is 0. The number of rotatable bonds is 18. The summed E-state index contributed by atoms with van der Waals surface area (Å²) in [7, 11) is -4.47. The van der Waals surface area contributed by atoms with Crippen LogP contribution >= 0.6 is 0 Å². The largest absolute Gasteiger partial charge is 0.479 e. The Bertz CT molecular complexity index is 701. The number of carboxylic acid groups (broad SMARTS) is 1. The number of ether oxygens (including phenoxy) is 1. The van der Waals surface area contributed by atoms with E-state index in [2.05, 4.69) is 6.92 Å². The first-order chi connectivity index (χ1) is 14.4. The summed E-state index contributed by atoms with van der Waals surface area (Å²) in [5.74, 6) is -1.28. The molecule has 0 aromatic heterocycles. The van der Waals surface area contributed by atoms with E-state index >= 15 is 0 Å². The molecule has 0 bridgehead atoms. The van der Waals surface area contributed by atoms with E-state index in [4.69, 9.17) is 4.74 Å². The summed E-state index contributed by atoms with van der Waals surface area (Å²) in [5.41, 5.74) is 0. The van der Waals surface area contributed by atoms with E-state index in [-0.39, 0.29) is 5.75 Å². The zero-order valence-electron chi connectivity index (χ0n) is 18.2. The standard InChI is InChI=1S/C23H38O6S/c1-2-3-4-5-6-7-8-9-10-11-12-13-14-18-21(23(24)25)29-20-17-15-16-19-22(20)30(26,27)28/h15-17,19,21H,2-14,18H2,1H3,(H,24,25)(H,26,27,28). The van der Waals surface area contributed by atoms with Gasteiger partial charge in [-0.15, -0.1) is 0 Å². The molecule has 1 unspecified atom stereocenters. The molecule has 0 saturated carbocycles. The summed E-state index contributed by atoms with van der Waals surface area (Å²) in [6, 6.07) is 5.52. The Morgan fingerprint density at radius 3 is 1.80 bits per heavy atom. The molecule has 7 heteroatoms. The van der Waals surface area contributed by atoms with Crippen LogP contribution in [-0.4, -0.2) is 30.2 Å². The normalized spacial score (nSPS) is 12.6. The van der Waals surface area contributed by atoms with E-state index in [1.165, 1.54) is 82.1 Å². The van der Waals surface area contributed by atoms with E-state index in [1.54, 1.807) is 0 Å². The molecule has 1 aromatic carbocycles. The van der Waals surface area contributed by atoms with Gasteiger partial charge in [0, 0.05) is 0 Å². The smallest absolute Gasteiger partial charge is 0.344 e. The highest BCUT2D eigenvalue weighted by atomic mass is 32.2. The Kier molecular flexibility index (Phi) is 13.4. The number of unbranched alkanes of at least 4 members (excludes halogenated alkanes) is 12. The summed E-state index contributed by atoms with van der Waals surface area (Å²) in [5, 5.41) is 9.38. The molecule has 172 valence electrons. The Balaban J connectivity index is 2.21. The van der Waals surface area contributed by atoms with Gasteiger partial charge in [0.25, 0.3) is 10.1 Å². The lowest BCUT2D eigenvalue weighted by molar-refractivity contribution is -0.145. The fourth-order valence-electron chi connectivity index (χ4n) is 3.49. The van der Waals surface area contributed by atoms with Crippen LogP contribution in [-0.2, 0) is 14.9 Å². The van der Waals surface area contributed by atoms with Crippen LogP contribution in [0.2, 0.25) is 0 Å². The van der Waals surface area contributed by atoms with Crippen molar-refractivity contribution in [2.45, 2.75) is 108 Å². The first kappa shape index (κ1) is 26.4. The highest BCUT2D eigenvalue weighted by molar-refractivity contribution is 7.86. The number of benzene rings is 1. The predicted molar refractivity (Wildman–Crippen MR) is 119 cm³/mol. The van der Waals surface area contributed by atoms with E-state index < -0.39 is 27.1 Å². The van der Waals surface area contributed by atoms with Crippen LogP contribution in [0.4, 0.5) is 0 Å². The average molecular weight is 443 g/mol. The minimum Gasteiger partial charge on any atom is -0.479 e. The molecule has 0 aliphatic carbocycles. The van der Waals surface area contributed by atoms with Crippen molar-refractivity contribution in [3.05, 3.63) is 24.3 Å². The summed E-state index contributed by atoms with van der Waals surface area (Å²) in [6.07, 6.45) is 14.8. The SMILES string of the molecule is CCCCCCCCCCCCCCCC(Oc1ccccc1S(=O)(=O)O)C(=O)O. The number of hydrogen-bond acceptors (Lipinski definition) is 4. The summed E-state index contributed by atoms with van der Waals surface area (Å²) in [4.78, 5) is 11.1. The summed E-state index contributed by atoms with van der Waals surface area (Å²) < 4.78 is 37.5. The van der Waals surface area contributed by atoms with Crippen LogP contribution in [0, 0.1) is 0 Å². The van der Waals surface area contributed by atoms with Gasteiger partial charge >= 0.3 is 5.97 Å². The van der Waals surface area contributed by atoms with Crippen molar-refractivity contribution in [2.24, 2.45) is 0 Å². The topological polar surface area (TPSA) is 101 Å². The van der Waals surface area contributed by atoms with Gasteiger partial charge < -0.3 is 9.84 Å². The second kappa shape index (κ2) is 15.2. The predicted octanol–water partition coefficient (Wildman–Crippen LogP) is 6.25. The van der Waals surface area contributed by atoms with Gasteiger partial charge in [0.1, 0.15) is 10.6 Å². The van der Waals surface area contributed by atoms with E-state index in [0.29, 0.717) is 12.8 Å². The Labute approximate surface area is 181 Å². The summed E-state index contributed by atoms with van der Waals surface area (Å²) in [6.45, 7) is 2.23. The zero-order valence-corrected chi connectivity index (χ0v) is 19.0. The first-order valence-corrected chi connectivity index (χ1v) is 12.8. The molecule has 0 aliphatic heterocycles. The number of aliphatic carboxylic acids is 1. The molecule has 0 aliphatic rings. The Morgan fingerprint density at radius 1 is 0.867 bits per heavy atom. The van der Waals surface area contributed by atoms with Crippen molar-refractivity contribution >= 4 is 16.1 Å². The Morgan fingerprint density at radius 2 is 1.33 bits per heavy atom. The van der Waals surface area contributed by atoms with Crippen molar-refractivity contribution in [2.75, 3.05) is 0 Å². The number of para-hydroxylation sites is 1. The number of carbonyl (C=O) groups is 1. The van der Waals surface area contributed by atoms with Gasteiger partial charge in [0.15, 0.2) is 6.10 Å². The molecule has 0 radical (unpaired) electrons. The molecule has 0 spiro atoms. The van der Waals surface area contributed by atoms with Gasteiger partial charge in [0.2, 0.25) is 0 Å². The Hall–Kier alpha value is -1.60. The second-order valence-corrected chi connectivity index (χ2v) is 9.29. The molecule has 1 aromatic rings. The lowest BCUT2D eigenvalue weighted by Crippen LogP contribution is -2.27. The quantitative estimate of drug-likeness (QED) is 0.206. The van der Waals surface area contributed by atoms with Gasteiger partial charge in [-0.25, -0.2) is 4.79 Å². The maximum Gasteiger partial charge on any atom is 0.344 e. The van der Waals surface area contributed by atoms with Crippen molar-refractivity contribution < 1.29 is 27.6 Å². The minimum atomic E-state index is -4.47. The average Bonchev–Trinajstić information content (AvgIpc) is 2.70. The third-order valence-corrected chi connectivity index (χ3v) is 6.13. The fourth-order valence-corrected chi connectivity index (χ4v) is 4.12. The molecule has 6 nitrogen and oxygen atoms in total. The fraction of sp³-hybridized carbons (Fsp3) is 0.696. The molecular weight excluding hydrogens is 404 g/mol. The van der Waals surface area contributed by atoms with Gasteiger partial charge in [-0.3, -0.25) is 4.55 Å². The van der Waals surface area contributed by atoms with Crippen molar-refractivity contribution in [1.82, 2.24) is 0 Å². The number of hydrogen-bond donors (Lipinski definition) is 2. The zero-order chi connectivity index (χ0) is 22.2. The lowest BCUT2D eigenvalue weighted by atomic mass is 10.0. The van der Waals surface area contributed by atoms with Crippen LogP contribution in [0.3, 0.4) is 0 Å². The van der Waals surface area contributed by atoms with Gasteiger partial charge in [-0.2, -0.15) is 8.42 Å². The minimum absolute atomic E-state index is 0.137. The van der Waals surface area contributed by atoms with E-state index in [0.717, 1.165) is 19.3 Å². The van der Waals surface area contributed by atoms with Crippen LogP contribution in [0.5, 0.6) is 5.75 Å². The number of carboxylic acids is 1. The monoisotopic (exact) mass is 442 g/mol. The molecule has 0 amide bonds. The molecule has 1 rings (SSSR count). The van der Waals surface area contributed by atoms with Gasteiger partial charge in [-0.05, 0) is 25.0 Å². The molecule has 0 saturated heterocycles. The van der Waals surface area contributed by atoms with Crippen molar-refractivity contribution in [1.29, 1.82) is 0 Å². The molecule has 2 N–H and O–H groups in total. The third-order valence-electron chi connectivity index (χ3n) is 5.24. The van der Waals surface area contributed by atoms with E-state index in [1.807, 2.05) is 0 Å². The van der Waals surface area contributed by atoms with Crippen molar-refractivity contribution in [3.8, 4) is 5.75 Å². The van der Waals surface area contributed by atoms with Crippen LogP contribution in [0.1, 0.15) is 96.8 Å². The van der Waals surface area contributed by atoms with Gasteiger partial charge in [0.05, 0.1) is 0 Å². The molecule has 30 heavy (non-hydrogen) atoms. The van der Waals surface area contributed by atoms with E-state index in [9.17, 15) is 22.9 Å². The molecule has 0 fully saturated rings. The lowest BCUT2D eigenvalue weighted by Gasteiger charge is -2.16.